The lowest BCUT2D eigenvalue weighted by Gasteiger charge is -2.26. The number of nitrogens with zero attached hydrogens (tertiary/aromatic N) is 1. The van der Waals surface area contributed by atoms with Gasteiger partial charge in [0, 0.05) is 18.8 Å². The number of nitrogens with one attached hydrogen (secondary N) is 1. The zero-order valence-corrected chi connectivity index (χ0v) is 11.5. The summed E-state index contributed by atoms with van der Waals surface area (Å²) in [5.74, 6) is 0.657. The Morgan fingerprint density at radius 1 is 1.16 bits per heavy atom. The Bertz CT molecular complexity index is 421. The average Bonchev–Trinajstić information content (AvgIpc) is 2.96. The fourth-order valence-corrected chi connectivity index (χ4v) is 3.36. The zero-order chi connectivity index (χ0) is 13.1. The van der Waals surface area contributed by atoms with E-state index in [4.69, 9.17) is 0 Å². The van der Waals surface area contributed by atoms with E-state index in [1.807, 2.05) is 6.07 Å². The highest BCUT2D eigenvalue weighted by molar-refractivity contribution is 5.54. The molecule has 2 heterocycles. The van der Waals surface area contributed by atoms with Gasteiger partial charge in [0.05, 0.1) is 0 Å². The molecular formula is C16H23FN2. The Morgan fingerprint density at radius 2 is 1.89 bits per heavy atom. The molecule has 3 rings (SSSR count). The molecule has 0 aliphatic carbocycles. The molecule has 0 aromatic heterocycles. The quantitative estimate of drug-likeness (QED) is 0.901. The first kappa shape index (κ1) is 12.9. The van der Waals surface area contributed by atoms with Gasteiger partial charge in [-0.05, 0) is 68.8 Å². The molecule has 0 radical (unpaired) electrons. The second kappa shape index (κ2) is 5.91. The van der Waals surface area contributed by atoms with Gasteiger partial charge in [-0.1, -0.05) is 6.07 Å². The highest BCUT2D eigenvalue weighted by Gasteiger charge is 2.20. The second-order valence-electron chi connectivity index (χ2n) is 5.86. The summed E-state index contributed by atoms with van der Waals surface area (Å²) in [6, 6.07) is 5.36. The Kier molecular flexibility index (Phi) is 4.02. The molecule has 2 nitrogen and oxygen atoms in total. The number of piperidine rings is 1. The molecule has 0 spiro atoms. The molecule has 3 heteroatoms. The monoisotopic (exact) mass is 262 g/mol. The van der Waals surface area contributed by atoms with Gasteiger partial charge in [-0.2, -0.15) is 0 Å². The van der Waals surface area contributed by atoms with Gasteiger partial charge in [-0.15, -0.1) is 0 Å². The summed E-state index contributed by atoms with van der Waals surface area (Å²) < 4.78 is 13.5. The van der Waals surface area contributed by atoms with Gasteiger partial charge in [-0.25, -0.2) is 4.39 Å². The van der Waals surface area contributed by atoms with Crippen LogP contribution in [0, 0.1) is 11.7 Å². The van der Waals surface area contributed by atoms with Crippen molar-refractivity contribution in [3.05, 3.63) is 29.6 Å². The van der Waals surface area contributed by atoms with E-state index in [0.29, 0.717) is 0 Å². The maximum atomic E-state index is 13.5. The first-order valence-corrected chi connectivity index (χ1v) is 7.57. The number of benzene rings is 1. The lowest BCUT2D eigenvalue weighted by atomic mass is 9.90. The molecule has 0 atom stereocenters. The van der Waals surface area contributed by atoms with Crippen LogP contribution in [0.25, 0.3) is 0 Å². The molecule has 2 saturated heterocycles. The van der Waals surface area contributed by atoms with Crippen LogP contribution in [0.15, 0.2) is 18.2 Å². The lowest BCUT2D eigenvalue weighted by Crippen LogP contribution is -2.29. The van der Waals surface area contributed by atoms with Crippen molar-refractivity contribution >= 4 is 5.69 Å². The topological polar surface area (TPSA) is 15.3 Å². The summed E-state index contributed by atoms with van der Waals surface area (Å²) in [7, 11) is 0. The molecule has 19 heavy (non-hydrogen) atoms. The largest absolute Gasteiger partial charge is 0.371 e. The van der Waals surface area contributed by atoms with Crippen molar-refractivity contribution < 1.29 is 4.39 Å². The van der Waals surface area contributed by atoms with E-state index in [9.17, 15) is 4.39 Å². The van der Waals surface area contributed by atoms with E-state index in [1.165, 1.54) is 31.2 Å². The normalized spacial score (nSPS) is 21.0. The van der Waals surface area contributed by atoms with Crippen LogP contribution in [0.2, 0.25) is 0 Å². The molecule has 0 unspecified atom stereocenters. The van der Waals surface area contributed by atoms with E-state index >= 15 is 0 Å². The third-order valence-electron chi connectivity index (χ3n) is 4.46. The predicted molar refractivity (Wildman–Crippen MR) is 77.1 cm³/mol. The molecule has 104 valence electrons. The van der Waals surface area contributed by atoms with Crippen LogP contribution in [-0.2, 0) is 6.42 Å². The Hall–Kier alpha value is -1.09. The van der Waals surface area contributed by atoms with Crippen molar-refractivity contribution in [3.63, 3.8) is 0 Å². The van der Waals surface area contributed by atoms with Gasteiger partial charge < -0.3 is 10.2 Å². The summed E-state index contributed by atoms with van der Waals surface area (Å²) in [6.07, 6.45) is 6.08. The van der Waals surface area contributed by atoms with Crippen molar-refractivity contribution in [1.82, 2.24) is 5.32 Å². The summed E-state index contributed by atoms with van der Waals surface area (Å²) >= 11 is 0. The Labute approximate surface area is 115 Å². The zero-order valence-electron chi connectivity index (χ0n) is 11.5. The number of hydrogen-bond donors (Lipinski definition) is 1. The fraction of sp³-hybridized carbons (Fsp3) is 0.625. The molecule has 0 bridgehead atoms. The molecule has 2 aliphatic rings. The number of rotatable bonds is 3. The van der Waals surface area contributed by atoms with Gasteiger partial charge in [0.2, 0.25) is 0 Å². The highest BCUT2D eigenvalue weighted by Crippen LogP contribution is 2.29. The van der Waals surface area contributed by atoms with E-state index in [1.54, 1.807) is 12.1 Å². The van der Waals surface area contributed by atoms with Crippen molar-refractivity contribution in [1.29, 1.82) is 0 Å². The lowest BCUT2D eigenvalue weighted by molar-refractivity contribution is 0.372. The second-order valence-corrected chi connectivity index (χ2v) is 5.86. The van der Waals surface area contributed by atoms with Crippen LogP contribution in [0.4, 0.5) is 10.1 Å². The van der Waals surface area contributed by atoms with Crippen LogP contribution >= 0.6 is 0 Å². The molecule has 2 fully saturated rings. The van der Waals surface area contributed by atoms with E-state index in [2.05, 4.69) is 10.2 Å². The molecule has 1 aromatic carbocycles. The molecule has 1 N–H and O–H groups in total. The van der Waals surface area contributed by atoms with E-state index in [-0.39, 0.29) is 5.82 Å². The molecule has 0 saturated carbocycles. The van der Waals surface area contributed by atoms with Crippen molar-refractivity contribution in [2.75, 3.05) is 31.1 Å². The van der Waals surface area contributed by atoms with Crippen molar-refractivity contribution in [2.45, 2.75) is 32.1 Å². The SMILES string of the molecule is Fc1ccc(CC2CCNCC2)c(N2CCCC2)c1. The minimum Gasteiger partial charge on any atom is -0.371 e. The van der Waals surface area contributed by atoms with Crippen molar-refractivity contribution in [2.24, 2.45) is 5.92 Å². The average molecular weight is 262 g/mol. The van der Waals surface area contributed by atoms with Crippen LogP contribution in [0.3, 0.4) is 0 Å². The first-order valence-electron chi connectivity index (χ1n) is 7.57. The standard InChI is InChI=1S/C16H23FN2/c17-15-4-3-14(11-13-5-7-18-8-6-13)16(12-15)19-9-1-2-10-19/h3-4,12-13,18H,1-2,5-11H2. The Morgan fingerprint density at radius 3 is 2.63 bits per heavy atom. The van der Waals surface area contributed by atoms with Crippen LogP contribution < -0.4 is 10.2 Å². The number of hydrogen-bond acceptors (Lipinski definition) is 2. The van der Waals surface area contributed by atoms with Gasteiger partial charge >= 0.3 is 0 Å². The predicted octanol–water partition coefficient (Wildman–Crippen LogP) is 2.97. The maximum Gasteiger partial charge on any atom is 0.125 e. The van der Waals surface area contributed by atoms with Crippen LogP contribution in [0.1, 0.15) is 31.2 Å². The highest BCUT2D eigenvalue weighted by atomic mass is 19.1. The first-order chi connectivity index (χ1) is 9.33. The molecule has 0 amide bonds. The third kappa shape index (κ3) is 3.08. The molecular weight excluding hydrogens is 239 g/mol. The van der Waals surface area contributed by atoms with Gasteiger partial charge in [0.25, 0.3) is 0 Å². The van der Waals surface area contributed by atoms with E-state index < -0.39 is 0 Å². The summed E-state index contributed by atoms with van der Waals surface area (Å²) in [6.45, 7) is 4.43. The summed E-state index contributed by atoms with van der Waals surface area (Å²) in [4.78, 5) is 2.36. The van der Waals surface area contributed by atoms with Crippen LogP contribution in [0.5, 0.6) is 0 Å². The maximum absolute atomic E-state index is 13.5. The number of halogens is 1. The van der Waals surface area contributed by atoms with Crippen LogP contribution in [-0.4, -0.2) is 26.2 Å². The van der Waals surface area contributed by atoms with Gasteiger partial charge in [-0.3, -0.25) is 0 Å². The van der Waals surface area contributed by atoms with Crippen molar-refractivity contribution in [3.8, 4) is 0 Å². The molecule has 1 aromatic rings. The number of anilines is 1. The minimum absolute atomic E-state index is 0.101. The Balaban J connectivity index is 1.78. The van der Waals surface area contributed by atoms with Gasteiger partial charge in [0.15, 0.2) is 0 Å². The van der Waals surface area contributed by atoms with Gasteiger partial charge in [0.1, 0.15) is 5.82 Å². The summed E-state index contributed by atoms with van der Waals surface area (Å²) in [5, 5.41) is 3.41. The third-order valence-corrected chi connectivity index (χ3v) is 4.46. The van der Waals surface area contributed by atoms with E-state index in [0.717, 1.165) is 44.2 Å². The fourth-order valence-electron chi connectivity index (χ4n) is 3.36. The minimum atomic E-state index is -0.101. The smallest absolute Gasteiger partial charge is 0.125 e. The molecule has 2 aliphatic heterocycles. The summed E-state index contributed by atoms with van der Waals surface area (Å²) in [5.41, 5.74) is 2.49.